The summed E-state index contributed by atoms with van der Waals surface area (Å²) in [6, 6.07) is 3.80. The van der Waals surface area contributed by atoms with Crippen LogP contribution in [0.4, 0.5) is 5.69 Å². The lowest BCUT2D eigenvalue weighted by Gasteiger charge is -2.23. The minimum Gasteiger partial charge on any atom is -0.396 e. The van der Waals surface area contributed by atoms with Gasteiger partial charge in [-0.05, 0) is 24.8 Å². The highest BCUT2D eigenvalue weighted by Gasteiger charge is 2.24. The Morgan fingerprint density at radius 1 is 1.38 bits per heavy atom. The zero-order valence-corrected chi connectivity index (χ0v) is 13.1. The molecule has 0 aromatic heterocycles. The first-order valence-electron chi connectivity index (χ1n) is 6.45. The second kappa shape index (κ2) is 6.50. The van der Waals surface area contributed by atoms with Crippen molar-refractivity contribution in [2.24, 2.45) is 5.41 Å². The minimum absolute atomic E-state index is 0.0370. The number of nitrogens with one attached hydrogen (secondary N) is 1. The Balaban J connectivity index is 2.99. The van der Waals surface area contributed by atoms with E-state index in [0.717, 1.165) is 6.07 Å². The number of rotatable bonds is 7. The van der Waals surface area contributed by atoms with Crippen LogP contribution >= 0.6 is 0 Å². The zero-order valence-electron chi connectivity index (χ0n) is 12.3. The van der Waals surface area contributed by atoms with Gasteiger partial charge < -0.3 is 5.11 Å². The topological polar surface area (TPSA) is 110 Å². The molecule has 2 N–H and O–H groups in total. The Bertz CT molecular complexity index is 625. The van der Waals surface area contributed by atoms with Gasteiger partial charge >= 0.3 is 0 Å². The van der Waals surface area contributed by atoms with Gasteiger partial charge in [0.2, 0.25) is 10.0 Å². The molecule has 0 spiro atoms. The summed E-state index contributed by atoms with van der Waals surface area (Å²) in [5.41, 5.74) is -0.231. The number of hydrogen-bond donors (Lipinski definition) is 2. The third-order valence-corrected chi connectivity index (χ3v) is 4.62. The molecule has 0 aliphatic heterocycles. The van der Waals surface area contributed by atoms with E-state index in [2.05, 4.69) is 4.72 Å². The number of nitrogens with zero attached hydrogens (tertiary/aromatic N) is 1. The summed E-state index contributed by atoms with van der Waals surface area (Å²) < 4.78 is 26.8. The first-order chi connectivity index (χ1) is 9.59. The average molecular weight is 316 g/mol. The van der Waals surface area contributed by atoms with E-state index in [1.807, 2.05) is 13.8 Å². The Morgan fingerprint density at radius 2 is 2.00 bits per heavy atom. The van der Waals surface area contributed by atoms with Crippen LogP contribution in [0.1, 0.15) is 25.8 Å². The van der Waals surface area contributed by atoms with Crippen molar-refractivity contribution in [3.63, 3.8) is 0 Å². The number of sulfonamides is 1. The van der Waals surface area contributed by atoms with E-state index in [0.29, 0.717) is 12.0 Å². The molecule has 0 saturated heterocycles. The smallest absolute Gasteiger partial charge is 0.273 e. The minimum atomic E-state index is -3.82. The van der Waals surface area contributed by atoms with Gasteiger partial charge in [0, 0.05) is 24.8 Å². The molecule has 0 radical (unpaired) electrons. The summed E-state index contributed by atoms with van der Waals surface area (Å²) in [6.07, 6.45) is 0.448. The largest absolute Gasteiger partial charge is 0.396 e. The first kappa shape index (κ1) is 17.5. The van der Waals surface area contributed by atoms with Gasteiger partial charge in [-0.25, -0.2) is 13.1 Å². The molecule has 0 bridgehead atoms. The van der Waals surface area contributed by atoms with Gasteiger partial charge in [-0.15, -0.1) is 0 Å². The number of nitro benzene ring substituents is 1. The molecule has 118 valence electrons. The van der Waals surface area contributed by atoms with Crippen molar-refractivity contribution in [2.45, 2.75) is 32.1 Å². The van der Waals surface area contributed by atoms with Crippen LogP contribution < -0.4 is 4.72 Å². The molecule has 1 aromatic carbocycles. The number of benzene rings is 1. The summed E-state index contributed by atoms with van der Waals surface area (Å²) >= 11 is 0. The standard InChI is InChI=1S/C13H20N2O5S/c1-10-4-5-11(8-12(10)15(17)18)21(19,20)14-9-13(2,3)6-7-16/h4-5,8,14,16H,6-7,9H2,1-3H3. The van der Waals surface area contributed by atoms with Crippen molar-refractivity contribution in [1.29, 1.82) is 0 Å². The Hall–Kier alpha value is -1.51. The van der Waals surface area contributed by atoms with Crippen molar-refractivity contribution in [1.82, 2.24) is 4.72 Å². The third kappa shape index (κ3) is 4.76. The molecule has 0 atom stereocenters. The molecule has 21 heavy (non-hydrogen) atoms. The van der Waals surface area contributed by atoms with Crippen LogP contribution in [0.5, 0.6) is 0 Å². The van der Waals surface area contributed by atoms with Crippen LogP contribution in [0.15, 0.2) is 23.1 Å². The van der Waals surface area contributed by atoms with Crippen molar-refractivity contribution in [2.75, 3.05) is 13.2 Å². The number of aliphatic hydroxyl groups excluding tert-OH is 1. The van der Waals surface area contributed by atoms with Crippen molar-refractivity contribution < 1.29 is 18.4 Å². The highest BCUT2D eigenvalue weighted by atomic mass is 32.2. The third-order valence-electron chi connectivity index (χ3n) is 3.22. The highest BCUT2D eigenvalue weighted by Crippen LogP contribution is 2.23. The Labute approximate surface area is 124 Å². The fourth-order valence-electron chi connectivity index (χ4n) is 1.72. The molecule has 7 nitrogen and oxygen atoms in total. The molecule has 0 unspecified atom stereocenters. The number of nitro groups is 1. The molecule has 1 rings (SSSR count). The van der Waals surface area contributed by atoms with Gasteiger partial charge in [0.1, 0.15) is 0 Å². The average Bonchev–Trinajstić information content (AvgIpc) is 2.36. The molecule has 0 aliphatic rings. The van der Waals surface area contributed by atoms with Gasteiger partial charge in [-0.3, -0.25) is 10.1 Å². The monoisotopic (exact) mass is 316 g/mol. The van der Waals surface area contributed by atoms with Crippen molar-refractivity contribution in [3.05, 3.63) is 33.9 Å². The summed E-state index contributed by atoms with van der Waals surface area (Å²) in [6.45, 7) is 5.29. The summed E-state index contributed by atoms with van der Waals surface area (Å²) in [4.78, 5) is 10.1. The van der Waals surface area contributed by atoms with Crippen molar-refractivity contribution >= 4 is 15.7 Å². The van der Waals surface area contributed by atoms with E-state index in [1.165, 1.54) is 12.1 Å². The van der Waals surface area contributed by atoms with E-state index >= 15 is 0 Å². The molecular formula is C13H20N2O5S. The van der Waals surface area contributed by atoms with Gasteiger partial charge in [0.25, 0.3) is 5.69 Å². The van der Waals surface area contributed by atoms with Gasteiger partial charge in [0.05, 0.1) is 9.82 Å². The lowest BCUT2D eigenvalue weighted by molar-refractivity contribution is -0.385. The van der Waals surface area contributed by atoms with Crippen LogP contribution in [0.2, 0.25) is 0 Å². The van der Waals surface area contributed by atoms with E-state index in [9.17, 15) is 18.5 Å². The zero-order chi connectivity index (χ0) is 16.3. The lowest BCUT2D eigenvalue weighted by Crippen LogP contribution is -2.34. The molecule has 0 aliphatic carbocycles. The second-order valence-corrected chi connectivity index (χ2v) is 7.43. The fourth-order valence-corrected chi connectivity index (χ4v) is 2.98. The van der Waals surface area contributed by atoms with Crippen LogP contribution in [-0.4, -0.2) is 31.6 Å². The molecule has 8 heteroatoms. The number of hydrogen-bond acceptors (Lipinski definition) is 5. The van der Waals surface area contributed by atoms with Crippen molar-refractivity contribution in [3.8, 4) is 0 Å². The first-order valence-corrected chi connectivity index (χ1v) is 7.93. The molecule has 0 heterocycles. The summed E-state index contributed by atoms with van der Waals surface area (Å²) in [5, 5.41) is 19.8. The van der Waals surface area contributed by atoms with Crippen LogP contribution in [-0.2, 0) is 10.0 Å². The number of aliphatic hydroxyl groups is 1. The maximum Gasteiger partial charge on any atom is 0.273 e. The van der Waals surface area contributed by atoms with E-state index in [4.69, 9.17) is 5.11 Å². The molecule has 0 saturated carbocycles. The fraction of sp³-hybridized carbons (Fsp3) is 0.538. The van der Waals surface area contributed by atoms with E-state index in [1.54, 1.807) is 6.92 Å². The second-order valence-electron chi connectivity index (χ2n) is 5.67. The van der Waals surface area contributed by atoms with Crippen LogP contribution in [0.25, 0.3) is 0 Å². The molecule has 1 aromatic rings. The van der Waals surface area contributed by atoms with E-state index in [-0.39, 0.29) is 23.7 Å². The Kier molecular flexibility index (Phi) is 5.43. The predicted octanol–water partition coefficient (Wildman–Crippen LogP) is 1.59. The summed E-state index contributed by atoms with van der Waals surface area (Å²) in [7, 11) is -3.82. The Morgan fingerprint density at radius 3 is 2.52 bits per heavy atom. The predicted molar refractivity (Wildman–Crippen MR) is 78.5 cm³/mol. The highest BCUT2D eigenvalue weighted by molar-refractivity contribution is 7.89. The normalized spacial score (nSPS) is 12.4. The number of aryl methyl sites for hydroxylation is 1. The maximum atomic E-state index is 12.2. The van der Waals surface area contributed by atoms with Crippen LogP contribution in [0, 0.1) is 22.5 Å². The summed E-state index contributed by atoms with van der Waals surface area (Å²) in [5.74, 6) is 0. The van der Waals surface area contributed by atoms with Gasteiger partial charge in [-0.1, -0.05) is 19.9 Å². The quantitative estimate of drug-likeness (QED) is 0.586. The molecule has 0 amide bonds. The van der Waals surface area contributed by atoms with Gasteiger partial charge in [0.15, 0.2) is 0 Å². The van der Waals surface area contributed by atoms with E-state index < -0.39 is 20.4 Å². The lowest BCUT2D eigenvalue weighted by atomic mass is 9.90. The molecule has 0 fully saturated rings. The van der Waals surface area contributed by atoms with Crippen LogP contribution in [0.3, 0.4) is 0 Å². The SMILES string of the molecule is Cc1ccc(S(=O)(=O)NCC(C)(C)CCO)cc1[N+](=O)[O-]. The maximum absolute atomic E-state index is 12.2. The molecular weight excluding hydrogens is 296 g/mol. The van der Waals surface area contributed by atoms with Gasteiger partial charge in [-0.2, -0.15) is 0 Å².